The highest BCUT2D eigenvalue weighted by Crippen LogP contribution is 2.23. The number of ether oxygens (including phenoxy) is 1. The summed E-state index contributed by atoms with van der Waals surface area (Å²) in [6.45, 7) is 10.1. The van der Waals surface area contributed by atoms with Crippen LogP contribution in [0, 0.1) is 5.92 Å². The van der Waals surface area contributed by atoms with Gasteiger partial charge in [0.05, 0.1) is 18.7 Å². The first kappa shape index (κ1) is 15.0. The van der Waals surface area contributed by atoms with E-state index < -0.39 is 0 Å². The summed E-state index contributed by atoms with van der Waals surface area (Å²) in [5.41, 5.74) is 0. The van der Waals surface area contributed by atoms with E-state index in [1.54, 1.807) is 7.11 Å². The van der Waals surface area contributed by atoms with Crippen LogP contribution in [0.1, 0.15) is 52.0 Å². The second kappa shape index (κ2) is 7.43. The summed E-state index contributed by atoms with van der Waals surface area (Å²) >= 11 is 0. The number of methoxy groups -OCH3 is 1. The van der Waals surface area contributed by atoms with Gasteiger partial charge in [0.1, 0.15) is 0 Å². The predicted molar refractivity (Wildman–Crippen MR) is 70.3 cm³/mol. The fraction of sp³-hybridized carbons (Fsp3) is 0.917. The van der Waals surface area contributed by atoms with E-state index >= 15 is 0 Å². The van der Waals surface area contributed by atoms with Crippen molar-refractivity contribution in [3.8, 4) is 0 Å². The molecule has 0 saturated heterocycles. The summed E-state index contributed by atoms with van der Waals surface area (Å²) in [5, 5.41) is 15.5. The highest BCUT2D eigenvalue weighted by molar-refractivity contribution is 4.92. The monoisotopic (exact) mass is 255 g/mol. The minimum Gasteiger partial charge on any atom is -0.383 e. The van der Waals surface area contributed by atoms with E-state index in [-0.39, 0.29) is 6.04 Å². The summed E-state index contributed by atoms with van der Waals surface area (Å²) < 4.78 is 6.98. The number of tetrazole rings is 1. The molecule has 6 nitrogen and oxygen atoms in total. The van der Waals surface area contributed by atoms with Crippen molar-refractivity contribution < 1.29 is 4.74 Å². The Morgan fingerprint density at radius 1 is 1.33 bits per heavy atom. The zero-order valence-corrected chi connectivity index (χ0v) is 12.1. The third kappa shape index (κ3) is 3.74. The van der Waals surface area contributed by atoms with Crippen LogP contribution in [0.2, 0.25) is 0 Å². The molecule has 0 bridgehead atoms. The molecule has 1 N–H and O–H groups in total. The van der Waals surface area contributed by atoms with Gasteiger partial charge in [0.25, 0.3) is 0 Å². The third-order valence-corrected chi connectivity index (χ3v) is 3.16. The maximum atomic E-state index is 5.03. The highest BCUT2D eigenvalue weighted by Gasteiger charge is 2.21. The summed E-state index contributed by atoms with van der Waals surface area (Å²) in [4.78, 5) is 0. The summed E-state index contributed by atoms with van der Waals surface area (Å²) in [5.74, 6) is 1.41. The fourth-order valence-corrected chi connectivity index (χ4v) is 2.12. The van der Waals surface area contributed by atoms with Crippen LogP contribution in [-0.4, -0.2) is 40.5 Å². The standard InChI is InChI=1S/C12H25N5O/c1-6-11(9(2)3)17-12(14-15-16-17)10(4)13-7-8-18-5/h9-11,13H,6-8H2,1-5H3. The van der Waals surface area contributed by atoms with Crippen molar-refractivity contribution in [1.82, 2.24) is 25.5 Å². The van der Waals surface area contributed by atoms with Crippen LogP contribution < -0.4 is 5.32 Å². The van der Waals surface area contributed by atoms with Gasteiger partial charge in [-0.3, -0.25) is 0 Å². The lowest BCUT2D eigenvalue weighted by Gasteiger charge is -2.22. The lowest BCUT2D eigenvalue weighted by molar-refractivity contribution is 0.195. The minimum absolute atomic E-state index is 0.128. The molecule has 0 aliphatic rings. The smallest absolute Gasteiger partial charge is 0.168 e. The van der Waals surface area contributed by atoms with Crippen LogP contribution in [0.15, 0.2) is 0 Å². The van der Waals surface area contributed by atoms with Gasteiger partial charge in [0.2, 0.25) is 0 Å². The molecule has 0 aliphatic carbocycles. The fourth-order valence-electron chi connectivity index (χ4n) is 2.12. The normalized spacial score (nSPS) is 15.0. The van der Waals surface area contributed by atoms with Crippen LogP contribution in [0.3, 0.4) is 0 Å². The Morgan fingerprint density at radius 3 is 2.61 bits per heavy atom. The van der Waals surface area contributed by atoms with Gasteiger partial charge in [-0.15, -0.1) is 5.10 Å². The van der Waals surface area contributed by atoms with Gasteiger partial charge in [-0.05, 0) is 29.7 Å². The minimum atomic E-state index is 0.128. The van der Waals surface area contributed by atoms with E-state index in [9.17, 15) is 0 Å². The van der Waals surface area contributed by atoms with Crippen LogP contribution in [-0.2, 0) is 4.74 Å². The Kier molecular flexibility index (Phi) is 6.21. The van der Waals surface area contributed by atoms with Crippen molar-refractivity contribution in [3.63, 3.8) is 0 Å². The Bertz CT molecular complexity index is 339. The van der Waals surface area contributed by atoms with Crippen molar-refractivity contribution >= 4 is 0 Å². The largest absolute Gasteiger partial charge is 0.383 e. The topological polar surface area (TPSA) is 64.9 Å². The number of hydrogen-bond donors (Lipinski definition) is 1. The van der Waals surface area contributed by atoms with Crippen molar-refractivity contribution in [2.24, 2.45) is 5.92 Å². The first-order valence-electron chi connectivity index (χ1n) is 6.61. The van der Waals surface area contributed by atoms with E-state index in [2.05, 4.69) is 48.5 Å². The molecule has 0 radical (unpaired) electrons. The predicted octanol–water partition coefficient (Wildman–Crippen LogP) is 1.58. The zero-order chi connectivity index (χ0) is 13.5. The number of hydrogen-bond acceptors (Lipinski definition) is 5. The Balaban J connectivity index is 2.74. The zero-order valence-electron chi connectivity index (χ0n) is 12.1. The number of nitrogens with one attached hydrogen (secondary N) is 1. The molecule has 2 atom stereocenters. The van der Waals surface area contributed by atoms with Crippen LogP contribution in [0.25, 0.3) is 0 Å². The van der Waals surface area contributed by atoms with Crippen molar-refractivity contribution in [2.75, 3.05) is 20.3 Å². The maximum Gasteiger partial charge on any atom is 0.168 e. The molecular weight excluding hydrogens is 230 g/mol. The first-order valence-corrected chi connectivity index (χ1v) is 6.61. The molecule has 0 aromatic carbocycles. The number of nitrogens with zero attached hydrogens (tertiary/aromatic N) is 4. The highest BCUT2D eigenvalue weighted by atomic mass is 16.5. The summed E-state index contributed by atoms with van der Waals surface area (Å²) in [6.07, 6.45) is 1.03. The lowest BCUT2D eigenvalue weighted by Crippen LogP contribution is -2.28. The van der Waals surface area contributed by atoms with Gasteiger partial charge in [-0.2, -0.15) is 0 Å². The van der Waals surface area contributed by atoms with Gasteiger partial charge >= 0.3 is 0 Å². The van der Waals surface area contributed by atoms with Gasteiger partial charge in [0.15, 0.2) is 5.82 Å². The van der Waals surface area contributed by atoms with Gasteiger partial charge in [0, 0.05) is 13.7 Å². The van der Waals surface area contributed by atoms with Crippen LogP contribution in [0.4, 0.5) is 0 Å². The first-order chi connectivity index (χ1) is 8.61. The van der Waals surface area contributed by atoms with Crippen LogP contribution >= 0.6 is 0 Å². The van der Waals surface area contributed by atoms with Gasteiger partial charge < -0.3 is 10.1 Å². The molecule has 0 amide bonds. The lowest BCUT2D eigenvalue weighted by atomic mass is 10.0. The molecule has 104 valence electrons. The molecule has 0 fully saturated rings. The Labute approximate surface area is 109 Å². The molecule has 0 aliphatic heterocycles. The second-order valence-corrected chi connectivity index (χ2v) is 4.87. The third-order valence-electron chi connectivity index (χ3n) is 3.16. The quantitative estimate of drug-likeness (QED) is 0.714. The van der Waals surface area contributed by atoms with Crippen molar-refractivity contribution in [3.05, 3.63) is 5.82 Å². The molecule has 0 saturated carbocycles. The van der Waals surface area contributed by atoms with E-state index in [4.69, 9.17) is 4.74 Å². The van der Waals surface area contributed by atoms with E-state index in [1.807, 2.05) is 4.68 Å². The Morgan fingerprint density at radius 2 is 2.06 bits per heavy atom. The molecule has 18 heavy (non-hydrogen) atoms. The molecular formula is C12H25N5O. The Hall–Kier alpha value is -1.01. The summed E-state index contributed by atoms with van der Waals surface area (Å²) in [7, 11) is 1.70. The average molecular weight is 255 g/mol. The molecule has 0 spiro atoms. The van der Waals surface area contributed by atoms with Crippen LogP contribution in [0.5, 0.6) is 0 Å². The molecule has 1 aromatic heterocycles. The molecule has 1 rings (SSSR count). The maximum absolute atomic E-state index is 5.03. The molecule has 1 aromatic rings. The average Bonchev–Trinajstić information content (AvgIpc) is 2.79. The van der Waals surface area contributed by atoms with Crippen molar-refractivity contribution in [1.29, 1.82) is 0 Å². The van der Waals surface area contributed by atoms with Gasteiger partial charge in [-0.25, -0.2) is 4.68 Å². The molecule has 1 heterocycles. The summed E-state index contributed by atoms with van der Waals surface area (Å²) in [6, 6.07) is 0.477. The van der Waals surface area contributed by atoms with E-state index in [0.717, 1.165) is 18.8 Å². The number of rotatable bonds is 8. The SMILES string of the molecule is CCC(C(C)C)n1nnnc1C(C)NCCOC. The van der Waals surface area contributed by atoms with Crippen molar-refractivity contribution in [2.45, 2.75) is 46.2 Å². The molecule has 2 unspecified atom stereocenters. The second-order valence-electron chi connectivity index (χ2n) is 4.87. The van der Waals surface area contributed by atoms with E-state index in [1.165, 1.54) is 0 Å². The molecule has 6 heteroatoms. The number of aromatic nitrogens is 4. The van der Waals surface area contributed by atoms with E-state index in [0.29, 0.717) is 18.6 Å². The van der Waals surface area contributed by atoms with Gasteiger partial charge in [-0.1, -0.05) is 20.8 Å².